The molecule has 0 N–H and O–H groups in total. The average Bonchev–Trinajstić information content (AvgIpc) is 2.77. The Hall–Kier alpha value is -3.24. The van der Waals surface area contributed by atoms with E-state index < -0.39 is 49.4 Å². The molecule has 11 heteroatoms. The third-order valence-electron chi connectivity index (χ3n) is 5.84. The lowest BCUT2D eigenvalue weighted by Crippen LogP contribution is -2.61. The molecule has 0 fully saturated rings. The monoisotopic (exact) mass is 506 g/mol. The van der Waals surface area contributed by atoms with E-state index in [4.69, 9.17) is 0 Å². The summed E-state index contributed by atoms with van der Waals surface area (Å²) in [7, 11) is 0. The number of benzene rings is 4. The normalized spacial score (nSPS) is 13.7. The molecule has 0 saturated heterocycles. The van der Waals surface area contributed by atoms with Gasteiger partial charge in [-0.3, -0.25) is 4.79 Å². The minimum absolute atomic E-state index is 0.432. The first-order chi connectivity index (χ1) is 16.2. The molecule has 0 atom stereocenters. The summed E-state index contributed by atoms with van der Waals surface area (Å²) in [5, 5.41) is 5.19. The molecule has 4 aromatic carbocycles. The van der Waals surface area contributed by atoms with E-state index in [0.29, 0.717) is 10.9 Å². The fraction of sp³-hybridized carbons (Fsp3) is 0.292. The predicted octanol–water partition coefficient (Wildman–Crippen LogP) is 7.53. The molecular formula is C24H15F9O2. The van der Waals surface area contributed by atoms with Gasteiger partial charge < -0.3 is 4.74 Å². The van der Waals surface area contributed by atoms with Gasteiger partial charge in [-0.15, -0.1) is 0 Å². The van der Waals surface area contributed by atoms with Crippen molar-refractivity contribution in [2.75, 3.05) is 6.61 Å². The first-order valence-corrected chi connectivity index (χ1v) is 10.2. The molecule has 0 heterocycles. The van der Waals surface area contributed by atoms with Gasteiger partial charge in [-0.1, -0.05) is 54.6 Å². The number of ether oxygens (including phenoxy) is 1. The van der Waals surface area contributed by atoms with Gasteiger partial charge in [-0.25, -0.2) is 0 Å². The van der Waals surface area contributed by atoms with Crippen LogP contribution in [-0.2, 0) is 16.0 Å². The van der Waals surface area contributed by atoms with Gasteiger partial charge in [0, 0.05) is 0 Å². The molecule has 186 valence electrons. The third kappa shape index (κ3) is 4.00. The first kappa shape index (κ1) is 24.9. The summed E-state index contributed by atoms with van der Waals surface area (Å²) in [5.74, 6) is -20.6. The van der Waals surface area contributed by atoms with Crippen molar-refractivity contribution in [1.82, 2.24) is 0 Å². The van der Waals surface area contributed by atoms with E-state index in [1.54, 1.807) is 18.2 Å². The Kier molecular flexibility index (Phi) is 5.80. The summed E-state index contributed by atoms with van der Waals surface area (Å²) < 4.78 is 121. The number of hydrogen-bond acceptors (Lipinski definition) is 2. The van der Waals surface area contributed by atoms with E-state index in [2.05, 4.69) is 4.74 Å². The van der Waals surface area contributed by atoms with Crippen molar-refractivity contribution in [3.8, 4) is 0 Å². The van der Waals surface area contributed by atoms with Gasteiger partial charge in [0.25, 0.3) is 0 Å². The average molecular weight is 506 g/mol. The quantitative estimate of drug-likeness (QED) is 0.147. The zero-order valence-corrected chi connectivity index (χ0v) is 17.5. The summed E-state index contributed by atoms with van der Waals surface area (Å²) in [4.78, 5) is 12.2. The van der Waals surface area contributed by atoms with Crippen molar-refractivity contribution in [3.63, 3.8) is 0 Å². The fourth-order valence-electron chi connectivity index (χ4n) is 4.01. The lowest BCUT2D eigenvalue weighted by molar-refractivity contribution is -0.397. The van der Waals surface area contributed by atoms with Crippen LogP contribution in [0.3, 0.4) is 0 Å². The molecular weight excluding hydrogens is 491 g/mol. The minimum Gasteiger partial charge on any atom is -0.465 e. The molecule has 0 amide bonds. The van der Waals surface area contributed by atoms with Gasteiger partial charge >= 0.3 is 29.9 Å². The molecule has 0 aliphatic carbocycles. The highest BCUT2D eigenvalue weighted by Gasteiger charge is 2.81. The number of carbonyl (C=O) groups excluding carboxylic acids is 1. The summed E-state index contributed by atoms with van der Waals surface area (Å²) in [6.45, 7) is -1.48. The summed E-state index contributed by atoms with van der Waals surface area (Å²) in [6, 6.07) is 16.4. The van der Waals surface area contributed by atoms with Gasteiger partial charge in [0.2, 0.25) is 0 Å². The van der Waals surface area contributed by atoms with Crippen molar-refractivity contribution in [3.05, 3.63) is 60.2 Å². The summed E-state index contributed by atoms with van der Waals surface area (Å²) in [5.41, 5.74) is 0.432. The van der Waals surface area contributed by atoms with Crippen molar-refractivity contribution in [2.45, 2.75) is 36.8 Å². The molecule has 4 aromatic rings. The van der Waals surface area contributed by atoms with Crippen molar-refractivity contribution in [1.29, 1.82) is 0 Å². The van der Waals surface area contributed by atoms with Crippen LogP contribution in [0.2, 0.25) is 0 Å². The number of halogens is 9. The molecule has 2 nitrogen and oxygen atoms in total. The van der Waals surface area contributed by atoms with Crippen LogP contribution in [0.4, 0.5) is 39.5 Å². The maximum atomic E-state index is 13.6. The van der Waals surface area contributed by atoms with Gasteiger partial charge in [0.1, 0.15) is 0 Å². The number of rotatable bonds is 7. The van der Waals surface area contributed by atoms with E-state index in [1.807, 2.05) is 36.4 Å². The van der Waals surface area contributed by atoms with Crippen LogP contribution >= 0.6 is 0 Å². The molecule has 0 unspecified atom stereocenters. The lowest BCUT2D eigenvalue weighted by Gasteiger charge is -2.33. The predicted molar refractivity (Wildman–Crippen MR) is 110 cm³/mol. The highest BCUT2D eigenvalue weighted by molar-refractivity contribution is 6.23. The lowest BCUT2D eigenvalue weighted by atomic mass is 9.91. The molecule has 0 saturated carbocycles. The van der Waals surface area contributed by atoms with Crippen LogP contribution < -0.4 is 0 Å². The van der Waals surface area contributed by atoms with E-state index in [-0.39, 0.29) is 0 Å². The van der Waals surface area contributed by atoms with E-state index >= 15 is 0 Å². The van der Waals surface area contributed by atoms with E-state index in [9.17, 15) is 44.3 Å². The number of esters is 1. The van der Waals surface area contributed by atoms with Crippen molar-refractivity contribution in [2.24, 2.45) is 0 Å². The molecule has 0 bridgehead atoms. The van der Waals surface area contributed by atoms with Crippen LogP contribution in [0.1, 0.15) is 12.0 Å². The van der Waals surface area contributed by atoms with Crippen LogP contribution in [0, 0.1) is 0 Å². The second kappa shape index (κ2) is 8.17. The van der Waals surface area contributed by atoms with Crippen molar-refractivity contribution >= 4 is 38.3 Å². The highest BCUT2D eigenvalue weighted by atomic mass is 19.4. The topological polar surface area (TPSA) is 26.3 Å². The Morgan fingerprint density at radius 3 is 1.83 bits per heavy atom. The second-order valence-corrected chi connectivity index (χ2v) is 8.08. The van der Waals surface area contributed by atoms with Gasteiger partial charge in [-0.2, -0.15) is 39.5 Å². The fourth-order valence-corrected chi connectivity index (χ4v) is 4.01. The number of hydrogen-bond donors (Lipinski definition) is 0. The van der Waals surface area contributed by atoms with Crippen molar-refractivity contribution < 1.29 is 49.0 Å². The maximum absolute atomic E-state index is 13.6. The molecule has 4 rings (SSSR count). The molecule has 0 spiro atoms. The Bertz CT molecular complexity index is 1380. The first-order valence-electron chi connectivity index (χ1n) is 10.2. The zero-order valence-electron chi connectivity index (χ0n) is 17.5. The van der Waals surface area contributed by atoms with Crippen LogP contribution in [0.15, 0.2) is 54.6 Å². The standard InChI is InChI=1S/C24H15F9O2/c25-21(26,22(27,28)23(29,30)24(31,32)33)10-11-35-18(34)12-16-7-6-15-5-4-13-2-1-3-14-8-9-17(16)20(15)19(13)14/h1-9H,10-12H2. The summed E-state index contributed by atoms with van der Waals surface area (Å²) >= 11 is 0. The molecule has 0 radical (unpaired) electrons. The smallest absolute Gasteiger partial charge is 0.460 e. The van der Waals surface area contributed by atoms with Gasteiger partial charge in [0.15, 0.2) is 0 Å². The Morgan fingerprint density at radius 2 is 1.23 bits per heavy atom. The highest BCUT2D eigenvalue weighted by Crippen LogP contribution is 2.54. The SMILES string of the molecule is O=C(Cc1ccc2ccc3cccc4ccc1c2c34)OCCC(F)(F)C(F)(F)C(F)(F)C(F)(F)F. The third-order valence-corrected chi connectivity index (χ3v) is 5.84. The number of carbonyl (C=O) groups is 1. The van der Waals surface area contributed by atoms with Crippen LogP contribution in [-0.4, -0.2) is 36.5 Å². The minimum atomic E-state index is -6.98. The Morgan fingerprint density at radius 1 is 0.686 bits per heavy atom. The largest absolute Gasteiger partial charge is 0.465 e. The van der Waals surface area contributed by atoms with Gasteiger partial charge in [-0.05, 0) is 37.9 Å². The Balaban J connectivity index is 1.50. The summed E-state index contributed by atoms with van der Waals surface area (Å²) in [6.07, 6.45) is -9.59. The van der Waals surface area contributed by atoms with Gasteiger partial charge in [0.05, 0.1) is 19.4 Å². The number of alkyl halides is 9. The molecule has 35 heavy (non-hydrogen) atoms. The molecule has 0 aliphatic heterocycles. The van der Waals surface area contributed by atoms with Crippen LogP contribution in [0.25, 0.3) is 32.3 Å². The molecule has 0 aliphatic rings. The Labute approximate surface area is 191 Å². The van der Waals surface area contributed by atoms with E-state index in [1.165, 1.54) is 0 Å². The van der Waals surface area contributed by atoms with Crippen LogP contribution in [0.5, 0.6) is 0 Å². The molecule has 0 aromatic heterocycles. The van der Waals surface area contributed by atoms with E-state index in [0.717, 1.165) is 26.9 Å². The zero-order chi connectivity index (χ0) is 25.8. The maximum Gasteiger partial charge on any atom is 0.460 e. The second-order valence-electron chi connectivity index (χ2n) is 8.08.